The number of hydrogen-bond acceptors (Lipinski definition) is 3. The van der Waals surface area contributed by atoms with Crippen LogP contribution in [0.5, 0.6) is 5.75 Å². The molecule has 0 atom stereocenters. The summed E-state index contributed by atoms with van der Waals surface area (Å²) in [7, 11) is 0. The Morgan fingerprint density at radius 3 is 2.90 bits per heavy atom. The van der Waals surface area contributed by atoms with Gasteiger partial charge in [-0.25, -0.2) is 0 Å². The molecule has 2 aromatic carbocycles. The van der Waals surface area contributed by atoms with Gasteiger partial charge in [0.2, 0.25) is 0 Å². The first-order valence-corrected chi connectivity index (χ1v) is 7.13. The standard InChI is InChI=1S/C15H10BrClN2O2/c16-10-4-5-14(17)13(8-10)15(20)19-11-2-1-3-12(9-11)21-7-6-18/h1-5,8-9H,7H2,(H,19,20). The van der Waals surface area contributed by atoms with Crippen LogP contribution in [0, 0.1) is 11.3 Å². The number of amides is 1. The zero-order valence-corrected chi connectivity index (χ0v) is 13.1. The maximum absolute atomic E-state index is 12.2. The minimum Gasteiger partial charge on any atom is -0.479 e. The van der Waals surface area contributed by atoms with Crippen LogP contribution in [0.25, 0.3) is 0 Å². The zero-order chi connectivity index (χ0) is 15.2. The first kappa shape index (κ1) is 15.4. The SMILES string of the molecule is N#CCOc1cccc(NC(=O)c2cc(Br)ccc2Cl)c1. The molecule has 0 aromatic heterocycles. The van der Waals surface area contributed by atoms with Crippen LogP contribution in [0.1, 0.15) is 10.4 Å². The lowest BCUT2D eigenvalue weighted by Gasteiger charge is -2.09. The third kappa shape index (κ3) is 4.22. The number of rotatable bonds is 4. The first-order chi connectivity index (χ1) is 10.1. The number of hydrogen-bond donors (Lipinski definition) is 1. The van der Waals surface area contributed by atoms with Crippen LogP contribution in [0.15, 0.2) is 46.9 Å². The molecule has 0 bridgehead atoms. The lowest BCUT2D eigenvalue weighted by atomic mass is 10.2. The van der Waals surface area contributed by atoms with Crippen molar-refractivity contribution in [2.75, 3.05) is 11.9 Å². The largest absolute Gasteiger partial charge is 0.479 e. The Morgan fingerprint density at radius 2 is 2.14 bits per heavy atom. The number of nitrogens with zero attached hydrogens (tertiary/aromatic N) is 1. The Bertz CT molecular complexity index is 713. The summed E-state index contributed by atoms with van der Waals surface area (Å²) in [6, 6.07) is 13.7. The van der Waals surface area contributed by atoms with Crippen molar-refractivity contribution in [2.24, 2.45) is 0 Å². The monoisotopic (exact) mass is 364 g/mol. The van der Waals surface area contributed by atoms with E-state index in [0.717, 1.165) is 4.47 Å². The van der Waals surface area contributed by atoms with Gasteiger partial charge in [0, 0.05) is 16.2 Å². The van der Waals surface area contributed by atoms with Crippen molar-refractivity contribution < 1.29 is 9.53 Å². The minimum absolute atomic E-state index is 0.0468. The van der Waals surface area contributed by atoms with Crippen molar-refractivity contribution in [3.05, 3.63) is 57.5 Å². The van der Waals surface area contributed by atoms with Crippen molar-refractivity contribution in [3.63, 3.8) is 0 Å². The number of anilines is 1. The van der Waals surface area contributed by atoms with Crippen LogP contribution in [0.2, 0.25) is 5.02 Å². The molecule has 0 aliphatic carbocycles. The van der Waals surface area contributed by atoms with E-state index in [4.69, 9.17) is 21.6 Å². The van der Waals surface area contributed by atoms with E-state index in [1.165, 1.54) is 0 Å². The van der Waals surface area contributed by atoms with Crippen LogP contribution in [-0.4, -0.2) is 12.5 Å². The van der Waals surface area contributed by atoms with Crippen molar-refractivity contribution in [1.82, 2.24) is 0 Å². The molecule has 0 heterocycles. The van der Waals surface area contributed by atoms with E-state index in [2.05, 4.69) is 21.2 Å². The summed E-state index contributed by atoms with van der Waals surface area (Å²) in [5.74, 6) is 0.188. The number of nitriles is 1. The maximum atomic E-state index is 12.2. The van der Waals surface area contributed by atoms with Gasteiger partial charge in [0.25, 0.3) is 5.91 Å². The van der Waals surface area contributed by atoms with Crippen LogP contribution < -0.4 is 10.1 Å². The van der Waals surface area contributed by atoms with Gasteiger partial charge in [0.15, 0.2) is 6.61 Å². The van der Waals surface area contributed by atoms with Gasteiger partial charge in [-0.15, -0.1) is 0 Å². The van der Waals surface area contributed by atoms with Gasteiger partial charge >= 0.3 is 0 Å². The average molecular weight is 366 g/mol. The second-order valence-corrected chi connectivity index (χ2v) is 5.38. The Morgan fingerprint density at radius 1 is 1.33 bits per heavy atom. The highest BCUT2D eigenvalue weighted by Crippen LogP contribution is 2.23. The topological polar surface area (TPSA) is 62.1 Å². The van der Waals surface area contributed by atoms with Gasteiger partial charge in [-0.2, -0.15) is 5.26 Å². The molecule has 2 aromatic rings. The van der Waals surface area contributed by atoms with Crippen LogP contribution in [0.3, 0.4) is 0 Å². The predicted molar refractivity (Wildman–Crippen MR) is 84.7 cm³/mol. The highest BCUT2D eigenvalue weighted by atomic mass is 79.9. The molecule has 0 spiro atoms. The van der Waals surface area contributed by atoms with Gasteiger partial charge in [0.1, 0.15) is 11.8 Å². The molecule has 0 radical (unpaired) electrons. The number of nitrogens with one attached hydrogen (secondary N) is 1. The predicted octanol–water partition coefficient (Wildman–Crippen LogP) is 4.26. The second-order valence-electron chi connectivity index (χ2n) is 4.05. The molecule has 0 aliphatic heterocycles. The molecule has 6 heteroatoms. The summed E-state index contributed by atoms with van der Waals surface area (Å²) in [5, 5.41) is 11.6. The van der Waals surface area contributed by atoms with Crippen LogP contribution in [0.4, 0.5) is 5.69 Å². The fourth-order valence-corrected chi connectivity index (χ4v) is 2.21. The fourth-order valence-electron chi connectivity index (χ4n) is 1.65. The van der Waals surface area contributed by atoms with E-state index in [0.29, 0.717) is 22.0 Å². The Hall–Kier alpha value is -2.03. The van der Waals surface area contributed by atoms with E-state index in [9.17, 15) is 4.79 Å². The first-order valence-electron chi connectivity index (χ1n) is 5.96. The average Bonchev–Trinajstić information content (AvgIpc) is 2.48. The van der Waals surface area contributed by atoms with Gasteiger partial charge in [-0.05, 0) is 30.3 Å². The van der Waals surface area contributed by atoms with E-state index >= 15 is 0 Å². The molecule has 0 aliphatic rings. The third-order valence-electron chi connectivity index (χ3n) is 2.57. The summed E-state index contributed by atoms with van der Waals surface area (Å²) in [6.45, 7) is -0.0468. The van der Waals surface area contributed by atoms with Crippen molar-refractivity contribution in [3.8, 4) is 11.8 Å². The fraction of sp³-hybridized carbons (Fsp3) is 0.0667. The Labute approximate surface area is 135 Å². The molecule has 0 saturated heterocycles. The molecule has 2 rings (SSSR count). The van der Waals surface area contributed by atoms with E-state index in [1.54, 1.807) is 42.5 Å². The number of carbonyl (C=O) groups is 1. The summed E-state index contributed by atoms with van der Waals surface area (Å²) in [6.07, 6.45) is 0. The molecule has 0 saturated carbocycles. The van der Waals surface area contributed by atoms with E-state index < -0.39 is 0 Å². The normalized spacial score (nSPS) is 9.76. The summed E-state index contributed by atoms with van der Waals surface area (Å²) >= 11 is 9.32. The maximum Gasteiger partial charge on any atom is 0.257 e. The quantitative estimate of drug-likeness (QED) is 0.880. The van der Waals surface area contributed by atoms with Gasteiger partial charge in [0.05, 0.1) is 10.6 Å². The summed E-state index contributed by atoms with van der Waals surface area (Å²) in [4.78, 5) is 12.2. The number of halogens is 2. The Balaban J connectivity index is 2.16. The lowest BCUT2D eigenvalue weighted by Crippen LogP contribution is -2.12. The highest BCUT2D eigenvalue weighted by Gasteiger charge is 2.11. The van der Waals surface area contributed by atoms with Gasteiger partial charge < -0.3 is 10.1 Å². The number of benzene rings is 2. The number of carbonyl (C=O) groups excluding carboxylic acids is 1. The smallest absolute Gasteiger partial charge is 0.257 e. The summed E-state index contributed by atoms with van der Waals surface area (Å²) < 4.78 is 5.95. The van der Waals surface area contributed by atoms with Crippen molar-refractivity contribution in [1.29, 1.82) is 5.26 Å². The third-order valence-corrected chi connectivity index (χ3v) is 3.39. The molecule has 4 nitrogen and oxygen atoms in total. The molecule has 0 fully saturated rings. The van der Waals surface area contributed by atoms with Gasteiger partial charge in [-0.1, -0.05) is 33.6 Å². The van der Waals surface area contributed by atoms with E-state index in [-0.39, 0.29) is 12.5 Å². The minimum atomic E-state index is -0.321. The van der Waals surface area contributed by atoms with Crippen molar-refractivity contribution >= 4 is 39.1 Å². The molecule has 0 unspecified atom stereocenters. The molecule has 1 N–H and O–H groups in total. The molecular weight excluding hydrogens is 356 g/mol. The van der Waals surface area contributed by atoms with E-state index in [1.807, 2.05) is 6.07 Å². The molecule has 1 amide bonds. The zero-order valence-electron chi connectivity index (χ0n) is 10.8. The molecular formula is C15H10BrClN2O2. The molecule has 106 valence electrons. The Kier molecular flexibility index (Phi) is 5.20. The highest BCUT2D eigenvalue weighted by molar-refractivity contribution is 9.10. The van der Waals surface area contributed by atoms with Crippen LogP contribution in [-0.2, 0) is 0 Å². The van der Waals surface area contributed by atoms with Gasteiger partial charge in [-0.3, -0.25) is 4.79 Å². The summed E-state index contributed by atoms with van der Waals surface area (Å²) in [5.41, 5.74) is 0.931. The van der Waals surface area contributed by atoms with Crippen molar-refractivity contribution in [2.45, 2.75) is 0 Å². The second kappa shape index (κ2) is 7.11. The number of ether oxygens (including phenoxy) is 1. The van der Waals surface area contributed by atoms with Crippen LogP contribution >= 0.6 is 27.5 Å². The molecule has 21 heavy (non-hydrogen) atoms. The lowest BCUT2D eigenvalue weighted by molar-refractivity contribution is 0.102.